The summed E-state index contributed by atoms with van der Waals surface area (Å²) in [5.41, 5.74) is 0. The van der Waals surface area contributed by atoms with Crippen LogP contribution >= 0.6 is 38.9 Å². The Labute approximate surface area is 130 Å². The predicted molar refractivity (Wildman–Crippen MR) is 80.4 cm³/mol. The summed E-state index contributed by atoms with van der Waals surface area (Å²) in [5, 5.41) is 0. The fourth-order valence-electron chi connectivity index (χ4n) is 2.04. The smallest absolute Gasteiger partial charge is 0.245 e. The van der Waals surface area contributed by atoms with Crippen LogP contribution in [0.1, 0.15) is 17.7 Å². The number of hydrogen-bond acceptors (Lipinski definition) is 4. The first-order chi connectivity index (χ1) is 8.96. The Balaban J connectivity index is 2.27. The average molecular weight is 389 g/mol. The normalized spacial score (nSPS) is 18.1. The van der Waals surface area contributed by atoms with E-state index in [2.05, 4.69) is 15.9 Å². The van der Waals surface area contributed by atoms with Gasteiger partial charge in [0.15, 0.2) is 0 Å². The monoisotopic (exact) mass is 387 g/mol. The van der Waals surface area contributed by atoms with E-state index < -0.39 is 10.0 Å². The van der Waals surface area contributed by atoms with Crippen molar-refractivity contribution in [1.29, 1.82) is 0 Å². The molecule has 0 radical (unpaired) electrons. The maximum Gasteiger partial charge on any atom is 0.245 e. The van der Waals surface area contributed by atoms with Crippen LogP contribution in [0.3, 0.4) is 0 Å². The molecule has 0 spiro atoms. The third-order valence-corrected chi connectivity index (χ3v) is 7.81. The number of sulfonamides is 1. The molecule has 108 valence electrons. The van der Waals surface area contributed by atoms with Gasteiger partial charge in [-0.1, -0.05) is 0 Å². The molecule has 0 aromatic carbocycles. The Hall–Kier alpha value is 0.340. The second-order valence-electron chi connectivity index (χ2n) is 4.35. The van der Waals surface area contributed by atoms with Crippen molar-refractivity contribution < 1.29 is 13.2 Å². The van der Waals surface area contributed by atoms with Gasteiger partial charge >= 0.3 is 0 Å². The third kappa shape index (κ3) is 3.33. The van der Waals surface area contributed by atoms with E-state index in [9.17, 15) is 8.42 Å². The molecule has 0 amide bonds. The first kappa shape index (κ1) is 15.7. The summed E-state index contributed by atoms with van der Waals surface area (Å²) in [4.78, 5) is 1.15. The Bertz CT molecular complexity index is 540. The summed E-state index contributed by atoms with van der Waals surface area (Å²) in [7, 11) is -1.84. The average Bonchev–Trinajstić information content (AvgIpc) is 2.81. The van der Waals surface area contributed by atoms with Gasteiger partial charge in [-0.3, -0.25) is 0 Å². The first-order valence-electron chi connectivity index (χ1n) is 5.86. The van der Waals surface area contributed by atoms with E-state index in [1.807, 2.05) is 0 Å². The maximum absolute atomic E-state index is 12.6. The van der Waals surface area contributed by atoms with Gasteiger partial charge in [0.1, 0.15) is 4.90 Å². The van der Waals surface area contributed by atoms with Crippen molar-refractivity contribution in [3.05, 3.63) is 14.7 Å². The van der Waals surface area contributed by atoms with Crippen molar-refractivity contribution in [2.75, 3.05) is 20.3 Å². The fraction of sp³-hybridized carbons (Fsp3) is 0.636. The lowest BCUT2D eigenvalue weighted by molar-refractivity contribution is 0.0632. The van der Waals surface area contributed by atoms with Crippen LogP contribution in [0.4, 0.5) is 0 Å². The number of halogens is 2. The Kier molecular flexibility index (Phi) is 5.30. The summed E-state index contributed by atoms with van der Waals surface area (Å²) < 4.78 is 32.5. The van der Waals surface area contributed by atoms with Crippen LogP contribution in [0.5, 0.6) is 0 Å². The van der Waals surface area contributed by atoms with E-state index in [1.54, 1.807) is 13.1 Å². The highest BCUT2D eigenvalue weighted by Gasteiger charge is 2.31. The number of alkyl halides is 1. The molecule has 4 nitrogen and oxygen atoms in total. The van der Waals surface area contributed by atoms with E-state index in [4.69, 9.17) is 16.3 Å². The number of nitrogens with zero attached hydrogens (tertiary/aromatic N) is 1. The summed E-state index contributed by atoms with van der Waals surface area (Å²) >= 11 is 10.4. The molecular weight excluding hydrogens is 374 g/mol. The molecule has 0 bridgehead atoms. The summed E-state index contributed by atoms with van der Waals surface area (Å²) in [6.07, 6.45) is 1.47. The molecule has 1 aromatic heterocycles. The number of thiophene rings is 1. The van der Waals surface area contributed by atoms with Crippen molar-refractivity contribution in [1.82, 2.24) is 4.31 Å². The largest absolute Gasteiger partial charge is 0.381 e. The van der Waals surface area contributed by atoms with Gasteiger partial charge in [-0.05, 0) is 34.8 Å². The zero-order chi connectivity index (χ0) is 14.0. The standard InChI is InChI=1S/C11H15BrClNO3S2/c1-14(8-2-4-17-5-3-8)19(15,16)10-6-9(7-13)18-11(10)12/h6,8H,2-5,7H2,1H3. The molecule has 0 atom stereocenters. The molecular formula is C11H15BrClNO3S2. The van der Waals surface area contributed by atoms with Gasteiger partial charge in [-0.25, -0.2) is 8.42 Å². The van der Waals surface area contributed by atoms with Crippen molar-refractivity contribution in [3.8, 4) is 0 Å². The van der Waals surface area contributed by atoms with Crippen LogP contribution in [0.25, 0.3) is 0 Å². The second kappa shape index (κ2) is 6.41. The minimum absolute atomic E-state index is 0.00463. The van der Waals surface area contributed by atoms with Crippen molar-refractivity contribution in [2.45, 2.75) is 29.7 Å². The maximum atomic E-state index is 12.6. The van der Waals surface area contributed by atoms with Crippen LogP contribution in [0.2, 0.25) is 0 Å². The lowest BCUT2D eigenvalue weighted by atomic mass is 10.1. The number of hydrogen-bond donors (Lipinski definition) is 0. The second-order valence-corrected chi connectivity index (χ2v) is 9.04. The van der Waals surface area contributed by atoms with Gasteiger partial charge in [0.2, 0.25) is 10.0 Å². The van der Waals surface area contributed by atoms with Crippen LogP contribution < -0.4 is 0 Å². The van der Waals surface area contributed by atoms with E-state index in [-0.39, 0.29) is 6.04 Å². The van der Waals surface area contributed by atoms with Crippen LogP contribution in [-0.2, 0) is 20.6 Å². The highest BCUT2D eigenvalue weighted by atomic mass is 79.9. The first-order valence-corrected chi connectivity index (χ1v) is 9.45. The fourth-order valence-corrected chi connectivity index (χ4v) is 6.18. The van der Waals surface area contributed by atoms with Crippen LogP contribution in [-0.4, -0.2) is 39.0 Å². The molecule has 2 heterocycles. The molecule has 0 N–H and O–H groups in total. The van der Waals surface area contributed by atoms with Gasteiger partial charge in [0.25, 0.3) is 0 Å². The van der Waals surface area contributed by atoms with E-state index in [1.165, 1.54) is 15.6 Å². The van der Waals surface area contributed by atoms with Gasteiger partial charge in [-0.2, -0.15) is 4.31 Å². The molecule has 0 saturated carbocycles. The van der Waals surface area contributed by atoms with Crippen LogP contribution in [0, 0.1) is 0 Å². The predicted octanol–water partition coefficient (Wildman–Crippen LogP) is 3.05. The van der Waals surface area contributed by atoms with Crippen molar-refractivity contribution in [3.63, 3.8) is 0 Å². The van der Waals surface area contributed by atoms with Crippen molar-refractivity contribution in [2.24, 2.45) is 0 Å². The third-order valence-electron chi connectivity index (χ3n) is 3.20. The van der Waals surface area contributed by atoms with E-state index >= 15 is 0 Å². The Morgan fingerprint density at radius 1 is 1.53 bits per heavy atom. The molecule has 0 aliphatic carbocycles. The molecule has 0 unspecified atom stereocenters. The van der Waals surface area contributed by atoms with Gasteiger partial charge in [-0.15, -0.1) is 22.9 Å². The topological polar surface area (TPSA) is 46.6 Å². The highest BCUT2D eigenvalue weighted by Crippen LogP contribution is 2.35. The van der Waals surface area contributed by atoms with Gasteiger partial charge in [0, 0.05) is 31.2 Å². The zero-order valence-corrected chi connectivity index (χ0v) is 14.4. The van der Waals surface area contributed by atoms with Crippen molar-refractivity contribution >= 4 is 48.9 Å². The molecule has 19 heavy (non-hydrogen) atoms. The molecule has 2 rings (SSSR count). The Morgan fingerprint density at radius 2 is 2.16 bits per heavy atom. The lowest BCUT2D eigenvalue weighted by Crippen LogP contribution is -2.40. The summed E-state index contributed by atoms with van der Waals surface area (Å²) in [6.45, 7) is 1.23. The highest BCUT2D eigenvalue weighted by molar-refractivity contribution is 9.11. The number of rotatable bonds is 4. The molecule has 1 aliphatic heterocycles. The van der Waals surface area contributed by atoms with Gasteiger partial charge in [0.05, 0.1) is 9.67 Å². The van der Waals surface area contributed by atoms with E-state index in [0.29, 0.717) is 27.8 Å². The summed E-state index contributed by atoms with van der Waals surface area (Å²) in [6, 6.07) is 1.65. The zero-order valence-electron chi connectivity index (χ0n) is 10.4. The molecule has 1 aliphatic rings. The lowest BCUT2D eigenvalue weighted by Gasteiger charge is -2.30. The van der Waals surface area contributed by atoms with Gasteiger partial charge < -0.3 is 4.74 Å². The molecule has 1 fully saturated rings. The number of ether oxygens (including phenoxy) is 1. The SMILES string of the molecule is CN(C1CCOCC1)S(=O)(=O)c1cc(CCl)sc1Br. The van der Waals surface area contributed by atoms with E-state index in [0.717, 1.165) is 17.7 Å². The quantitative estimate of drug-likeness (QED) is 0.745. The minimum atomic E-state index is -3.48. The Morgan fingerprint density at radius 3 is 2.68 bits per heavy atom. The minimum Gasteiger partial charge on any atom is -0.381 e. The summed E-state index contributed by atoms with van der Waals surface area (Å²) in [5.74, 6) is 0.319. The molecule has 1 aromatic rings. The van der Waals surface area contributed by atoms with Crippen LogP contribution in [0.15, 0.2) is 14.7 Å². The molecule has 8 heteroatoms. The molecule has 1 saturated heterocycles.